The number of benzene rings is 2. The van der Waals surface area contributed by atoms with Gasteiger partial charge in [-0.3, -0.25) is 9.59 Å². The first-order valence-corrected chi connectivity index (χ1v) is 9.41. The third-order valence-corrected chi connectivity index (χ3v) is 5.18. The summed E-state index contributed by atoms with van der Waals surface area (Å²) in [4.78, 5) is 38.5. The van der Waals surface area contributed by atoms with Gasteiger partial charge < -0.3 is 34.3 Å². The number of carboxylic acid groups (broad SMARTS) is 1. The molecule has 0 aliphatic carbocycles. The van der Waals surface area contributed by atoms with Gasteiger partial charge in [0, 0.05) is 36.9 Å². The van der Waals surface area contributed by atoms with Gasteiger partial charge in [0.2, 0.25) is 18.6 Å². The van der Waals surface area contributed by atoms with Gasteiger partial charge in [0.15, 0.2) is 23.0 Å². The van der Waals surface area contributed by atoms with E-state index in [1.807, 2.05) is 0 Å². The molecular weight excluding hydrogens is 408 g/mol. The number of anilines is 2. The number of aromatic carboxylic acids is 1. The molecule has 0 aromatic heterocycles. The summed E-state index contributed by atoms with van der Waals surface area (Å²) >= 11 is 0. The molecule has 2 aromatic rings. The van der Waals surface area contributed by atoms with Crippen LogP contribution in [0.4, 0.5) is 11.4 Å². The Morgan fingerprint density at radius 3 is 2.52 bits per heavy atom. The number of fused-ring (bicyclic) bond motifs is 1. The van der Waals surface area contributed by atoms with E-state index in [1.54, 1.807) is 18.2 Å². The summed E-state index contributed by atoms with van der Waals surface area (Å²) in [5.74, 6) is -0.950. The molecule has 1 saturated heterocycles. The van der Waals surface area contributed by atoms with Gasteiger partial charge in [-0.1, -0.05) is 0 Å². The SMILES string of the molecule is COc1cc(NC(=O)C2CC(=O)N(c3ccc4c(c3)OCO4)C2)c(C(=O)O)cc1OC. The van der Waals surface area contributed by atoms with Crippen LogP contribution in [0.1, 0.15) is 16.8 Å². The molecule has 10 heteroatoms. The van der Waals surface area contributed by atoms with Crippen LogP contribution in [0.2, 0.25) is 0 Å². The molecule has 2 aliphatic heterocycles. The number of carboxylic acids is 1. The van der Waals surface area contributed by atoms with Crippen LogP contribution < -0.4 is 29.2 Å². The van der Waals surface area contributed by atoms with Crippen molar-refractivity contribution in [1.29, 1.82) is 0 Å². The summed E-state index contributed by atoms with van der Waals surface area (Å²) in [6.07, 6.45) is -0.00400. The number of methoxy groups -OCH3 is 2. The van der Waals surface area contributed by atoms with Gasteiger partial charge >= 0.3 is 5.97 Å². The highest BCUT2D eigenvalue weighted by molar-refractivity contribution is 6.06. The first-order valence-electron chi connectivity index (χ1n) is 9.41. The lowest BCUT2D eigenvalue weighted by molar-refractivity contribution is -0.122. The zero-order valence-electron chi connectivity index (χ0n) is 16.8. The number of hydrogen-bond donors (Lipinski definition) is 2. The van der Waals surface area contributed by atoms with Crippen molar-refractivity contribution in [1.82, 2.24) is 0 Å². The van der Waals surface area contributed by atoms with Crippen LogP contribution in [0.3, 0.4) is 0 Å². The third-order valence-electron chi connectivity index (χ3n) is 5.18. The van der Waals surface area contributed by atoms with Crippen molar-refractivity contribution in [2.24, 2.45) is 5.92 Å². The molecule has 2 amide bonds. The number of amides is 2. The Morgan fingerprint density at radius 2 is 1.81 bits per heavy atom. The van der Waals surface area contributed by atoms with Crippen LogP contribution in [0.5, 0.6) is 23.0 Å². The van der Waals surface area contributed by atoms with Gasteiger partial charge in [-0.05, 0) is 12.1 Å². The number of rotatable bonds is 6. The summed E-state index contributed by atoms with van der Waals surface area (Å²) in [7, 11) is 2.79. The molecular formula is C21H20N2O8. The third kappa shape index (κ3) is 3.79. The summed E-state index contributed by atoms with van der Waals surface area (Å²) < 4.78 is 20.9. The van der Waals surface area contributed by atoms with Crippen LogP contribution in [0, 0.1) is 5.92 Å². The monoisotopic (exact) mass is 428 g/mol. The number of carbonyl (C=O) groups excluding carboxylic acids is 2. The second kappa shape index (κ2) is 8.05. The van der Waals surface area contributed by atoms with Crippen molar-refractivity contribution >= 4 is 29.2 Å². The molecule has 2 N–H and O–H groups in total. The van der Waals surface area contributed by atoms with Crippen molar-refractivity contribution < 1.29 is 38.4 Å². The molecule has 2 aliphatic rings. The second-order valence-electron chi connectivity index (χ2n) is 6.99. The molecule has 162 valence electrons. The predicted octanol–water partition coefficient (Wildman–Crippen LogP) is 2.12. The van der Waals surface area contributed by atoms with E-state index in [4.69, 9.17) is 18.9 Å². The Hall–Kier alpha value is -3.95. The minimum atomic E-state index is -1.24. The van der Waals surface area contributed by atoms with Crippen molar-refractivity contribution in [2.45, 2.75) is 6.42 Å². The smallest absolute Gasteiger partial charge is 0.337 e. The Balaban J connectivity index is 1.53. The summed E-state index contributed by atoms with van der Waals surface area (Å²) in [5, 5.41) is 12.1. The molecule has 1 unspecified atom stereocenters. The standard InChI is InChI=1S/C21H20N2O8/c1-28-16-7-13(21(26)27)14(8-17(16)29-2)22-20(25)11-5-19(24)23(9-11)12-3-4-15-18(6-12)31-10-30-15/h3-4,6-8,11H,5,9-10H2,1-2H3,(H,22,25)(H,26,27). The fraction of sp³-hybridized carbons (Fsp3) is 0.286. The number of ether oxygens (including phenoxy) is 4. The molecule has 1 atom stereocenters. The van der Waals surface area contributed by atoms with Gasteiger partial charge in [-0.25, -0.2) is 4.79 Å². The zero-order chi connectivity index (χ0) is 22.1. The molecule has 2 aromatic carbocycles. The van der Waals surface area contributed by atoms with Crippen molar-refractivity contribution in [2.75, 3.05) is 37.8 Å². The molecule has 2 heterocycles. The lowest BCUT2D eigenvalue weighted by atomic mass is 10.1. The maximum atomic E-state index is 12.9. The van der Waals surface area contributed by atoms with E-state index < -0.39 is 17.8 Å². The van der Waals surface area contributed by atoms with E-state index in [1.165, 1.54) is 31.3 Å². The quantitative estimate of drug-likeness (QED) is 0.717. The average Bonchev–Trinajstić information content (AvgIpc) is 3.38. The van der Waals surface area contributed by atoms with Crippen molar-refractivity contribution in [3.05, 3.63) is 35.9 Å². The first-order chi connectivity index (χ1) is 14.9. The molecule has 0 radical (unpaired) electrons. The summed E-state index contributed by atoms with van der Waals surface area (Å²) in [6.45, 7) is 0.273. The zero-order valence-corrected chi connectivity index (χ0v) is 16.8. The van der Waals surface area contributed by atoms with Crippen LogP contribution in [0.25, 0.3) is 0 Å². The van der Waals surface area contributed by atoms with Crippen molar-refractivity contribution in [3.8, 4) is 23.0 Å². The minimum Gasteiger partial charge on any atom is -0.493 e. The number of hydrogen-bond acceptors (Lipinski definition) is 7. The van der Waals surface area contributed by atoms with E-state index in [0.717, 1.165) is 0 Å². The van der Waals surface area contributed by atoms with Gasteiger partial charge in [0.25, 0.3) is 0 Å². The van der Waals surface area contributed by atoms with Gasteiger partial charge in [-0.2, -0.15) is 0 Å². The molecule has 0 bridgehead atoms. The topological polar surface area (TPSA) is 124 Å². The second-order valence-corrected chi connectivity index (χ2v) is 6.99. The highest BCUT2D eigenvalue weighted by atomic mass is 16.7. The van der Waals surface area contributed by atoms with Crippen LogP contribution in [-0.4, -0.2) is 50.4 Å². The van der Waals surface area contributed by atoms with E-state index in [0.29, 0.717) is 17.2 Å². The number of nitrogens with zero attached hydrogens (tertiary/aromatic N) is 1. The normalized spacial score (nSPS) is 16.9. The molecule has 1 fully saturated rings. The number of carbonyl (C=O) groups is 3. The Bertz CT molecular complexity index is 1070. The van der Waals surface area contributed by atoms with Crippen molar-refractivity contribution in [3.63, 3.8) is 0 Å². The number of nitrogens with one attached hydrogen (secondary N) is 1. The lowest BCUT2D eigenvalue weighted by Gasteiger charge is -2.18. The first kappa shape index (κ1) is 20.3. The molecule has 0 spiro atoms. The van der Waals surface area contributed by atoms with Crippen LogP contribution >= 0.6 is 0 Å². The fourth-order valence-electron chi connectivity index (χ4n) is 3.58. The maximum absolute atomic E-state index is 12.9. The van der Waals surface area contributed by atoms with Gasteiger partial charge in [0.05, 0.1) is 31.4 Å². The maximum Gasteiger partial charge on any atom is 0.337 e. The Morgan fingerprint density at radius 1 is 1.10 bits per heavy atom. The lowest BCUT2D eigenvalue weighted by Crippen LogP contribution is -2.28. The summed E-state index contributed by atoms with van der Waals surface area (Å²) in [6, 6.07) is 7.78. The Kier molecular flexibility index (Phi) is 5.28. The molecule has 4 rings (SSSR count). The highest BCUT2D eigenvalue weighted by Crippen LogP contribution is 2.38. The van der Waals surface area contributed by atoms with Crippen LogP contribution in [-0.2, 0) is 9.59 Å². The highest BCUT2D eigenvalue weighted by Gasteiger charge is 2.36. The van der Waals surface area contributed by atoms with Crippen LogP contribution in [0.15, 0.2) is 30.3 Å². The fourth-order valence-corrected chi connectivity index (χ4v) is 3.58. The van der Waals surface area contributed by atoms with E-state index in [2.05, 4.69) is 5.32 Å². The minimum absolute atomic E-state index is 0.00400. The molecule has 0 saturated carbocycles. The van der Waals surface area contributed by atoms with Gasteiger partial charge in [-0.15, -0.1) is 0 Å². The van der Waals surface area contributed by atoms with E-state index in [9.17, 15) is 19.5 Å². The van der Waals surface area contributed by atoms with Gasteiger partial charge in [0.1, 0.15) is 0 Å². The average molecular weight is 428 g/mol. The Labute approximate surface area is 177 Å². The molecule has 31 heavy (non-hydrogen) atoms. The van der Waals surface area contributed by atoms with E-state index in [-0.39, 0.29) is 48.4 Å². The summed E-state index contributed by atoms with van der Waals surface area (Å²) in [5.41, 5.74) is 0.508. The molecule has 10 nitrogen and oxygen atoms in total. The predicted molar refractivity (Wildman–Crippen MR) is 108 cm³/mol. The van der Waals surface area contributed by atoms with E-state index >= 15 is 0 Å². The largest absolute Gasteiger partial charge is 0.493 e.